The van der Waals surface area contributed by atoms with Crippen LogP contribution in [-0.4, -0.2) is 39.3 Å². The van der Waals surface area contributed by atoms with Gasteiger partial charge in [0.1, 0.15) is 0 Å². The summed E-state index contributed by atoms with van der Waals surface area (Å²) in [6.07, 6.45) is 0. The first-order chi connectivity index (χ1) is 8.72. The normalized spacial score (nSPS) is 10.2. The molecule has 4 heteroatoms. The first-order valence-corrected chi connectivity index (χ1v) is 6.35. The number of carbonyl (C=O) groups excluding carboxylic acids is 1. The van der Waals surface area contributed by atoms with Gasteiger partial charge in [0, 0.05) is 38.0 Å². The van der Waals surface area contributed by atoms with Crippen LogP contribution in [0.2, 0.25) is 0 Å². The van der Waals surface area contributed by atoms with Gasteiger partial charge < -0.3 is 15.0 Å². The molecule has 0 aliphatic heterocycles. The maximum absolute atomic E-state index is 11.8. The molecule has 0 saturated heterocycles. The molecule has 18 heavy (non-hydrogen) atoms. The average molecular weight is 250 g/mol. The topological polar surface area (TPSA) is 41.6 Å². The van der Waals surface area contributed by atoms with Crippen LogP contribution in [0.4, 0.5) is 5.69 Å². The molecule has 0 fully saturated rings. The van der Waals surface area contributed by atoms with Gasteiger partial charge in [-0.15, -0.1) is 0 Å². The highest BCUT2D eigenvalue weighted by atomic mass is 16.5. The van der Waals surface area contributed by atoms with Gasteiger partial charge in [-0.05, 0) is 38.1 Å². The molecule has 100 valence electrons. The number of ether oxygens (including phenoxy) is 1. The second kappa shape index (κ2) is 7.71. The summed E-state index contributed by atoms with van der Waals surface area (Å²) in [7, 11) is 1.62. The molecule has 0 bridgehead atoms. The van der Waals surface area contributed by atoms with Crippen molar-refractivity contribution in [2.75, 3.05) is 38.3 Å². The van der Waals surface area contributed by atoms with Gasteiger partial charge in [-0.3, -0.25) is 4.79 Å². The highest BCUT2D eigenvalue weighted by Crippen LogP contribution is 2.14. The summed E-state index contributed by atoms with van der Waals surface area (Å²) in [6, 6.07) is 7.68. The van der Waals surface area contributed by atoms with Crippen LogP contribution < -0.4 is 10.2 Å². The number of anilines is 1. The van der Waals surface area contributed by atoms with E-state index in [1.165, 1.54) is 0 Å². The van der Waals surface area contributed by atoms with Crippen LogP contribution in [0.25, 0.3) is 0 Å². The van der Waals surface area contributed by atoms with E-state index in [9.17, 15) is 4.79 Å². The lowest BCUT2D eigenvalue weighted by Crippen LogP contribution is -2.27. The van der Waals surface area contributed by atoms with Crippen LogP contribution in [-0.2, 0) is 4.74 Å². The van der Waals surface area contributed by atoms with E-state index in [-0.39, 0.29) is 5.91 Å². The Morgan fingerprint density at radius 3 is 2.33 bits per heavy atom. The molecule has 4 nitrogen and oxygen atoms in total. The monoisotopic (exact) mass is 250 g/mol. The summed E-state index contributed by atoms with van der Waals surface area (Å²) in [6.45, 7) is 7.24. The quantitative estimate of drug-likeness (QED) is 0.752. The first-order valence-electron chi connectivity index (χ1n) is 6.35. The van der Waals surface area contributed by atoms with Gasteiger partial charge in [0.05, 0.1) is 6.61 Å². The number of hydrogen-bond donors (Lipinski definition) is 1. The van der Waals surface area contributed by atoms with Gasteiger partial charge in [-0.1, -0.05) is 0 Å². The van der Waals surface area contributed by atoms with E-state index in [0.717, 1.165) is 18.8 Å². The smallest absolute Gasteiger partial charge is 0.251 e. The second-order valence-electron chi connectivity index (χ2n) is 3.97. The molecule has 0 saturated carbocycles. The van der Waals surface area contributed by atoms with Crippen LogP contribution in [0.5, 0.6) is 0 Å². The Morgan fingerprint density at radius 1 is 1.22 bits per heavy atom. The van der Waals surface area contributed by atoms with E-state index in [1.54, 1.807) is 7.11 Å². The van der Waals surface area contributed by atoms with E-state index >= 15 is 0 Å². The summed E-state index contributed by atoms with van der Waals surface area (Å²) < 4.78 is 4.89. The van der Waals surface area contributed by atoms with Crippen molar-refractivity contribution in [1.29, 1.82) is 0 Å². The first kappa shape index (κ1) is 14.5. The minimum Gasteiger partial charge on any atom is -0.383 e. The van der Waals surface area contributed by atoms with Gasteiger partial charge >= 0.3 is 0 Å². The van der Waals surface area contributed by atoms with Crippen molar-refractivity contribution in [1.82, 2.24) is 5.32 Å². The second-order valence-corrected chi connectivity index (χ2v) is 3.97. The van der Waals surface area contributed by atoms with E-state index in [1.807, 2.05) is 24.3 Å². The maximum Gasteiger partial charge on any atom is 0.251 e. The molecule has 1 rings (SSSR count). The molecule has 1 amide bonds. The fourth-order valence-corrected chi connectivity index (χ4v) is 1.78. The summed E-state index contributed by atoms with van der Waals surface area (Å²) in [4.78, 5) is 14.0. The van der Waals surface area contributed by atoms with Gasteiger partial charge in [-0.2, -0.15) is 0 Å². The van der Waals surface area contributed by atoms with Crippen LogP contribution in [0.15, 0.2) is 24.3 Å². The molecule has 0 aliphatic carbocycles. The highest BCUT2D eigenvalue weighted by Gasteiger charge is 2.06. The number of carbonyl (C=O) groups is 1. The van der Waals surface area contributed by atoms with Crippen molar-refractivity contribution < 1.29 is 9.53 Å². The molecule has 0 radical (unpaired) electrons. The fraction of sp³-hybridized carbons (Fsp3) is 0.500. The number of nitrogens with zero attached hydrogens (tertiary/aromatic N) is 1. The highest BCUT2D eigenvalue weighted by molar-refractivity contribution is 5.94. The van der Waals surface area contributed by atoms with Crippen molar-refractivity contribution in [2.24, 2.45) is 0 Å². The molecular formula is C14H22N2O2. The van der Waals surface area contributed by atoms with Gasteiger partial charge in [-0.25, -0.2) is 0 Å². The molecule has 0 heterocycles. The molecule has 1 aromatic rings. The van der Waals surface area contributed by atoms with Crippen molar-refractivity contribution in [3.05, 3.63) is 29.8 Å². The van der Waals surface area contributed by atoms with Gasteiger partial charge in [0.15, 0.2) is 0 Å². The zero-order valence-corrected chi connectivity index (χ0v) is 11.4. The van der Waals surface area contributed by atoms with E-state index in [4.69, 9.17) is 4.74 Å². The minimum atomic E-state index is -0.0573. The Bertz CT molecular complexity index is 359. The lowest BCUT2D eigenvalue weighted by Gasteiger charge is -2.21. The summed E-state index contributed by atoms with van der Waals surface area (Å²) in [5.41, 5.74) is 1.83. The van der Waals surface area contributed by atoms with Crippen molar-refractivity contribution in [2.45, 2.75) is 13.8 Å². The SMILES string of the molecule is CCN(CC)c1ccc(C(=O)NCCOC)cc1. The Kier molecular flexibility index (Phi) is 6.22. The van der Waals surface area contributed by atoms with Crippen LogP contribution in [0.3, 0.4) is 0 Å². The Labute approximate surface area is 109 Å². The molecule has 0 aliphatic rings. The zero-order chi connectivity index (χ0) is 13.4. The number of hydrogen-bond acceptors (Lipinski definition) is 3. The Balaban J connectivity index is 2.61. The Morgan fingerprint density at radius 2 is 1.83 bits per heavy atom. The van der Waals surface area contributed by atoms with Crippen molar-refractivity contribution >= 4 is 11.6 Å². The molecule has 0 aromatic heterocycles. The third kappa shape index (κ3) is 4.04. The van der Waals surface area contributed by atoms with Gasteiger partial charge in [0.2, 0.25) is 0 Å². The number of nitrogens with one attached hydrogen (secondary N) is 1. The molecule has 1 N–H and O–H groups in total. The number of amides is 1. The lowest BCUT2D eigenvalue weighted by molar-refractivity contribution is 0.0937. The molecule has 1 aromatic carbocycles. The number of methoxy groups -OCH3 is 1. The summed E-state index contributed by atoms with van der Waals surface area (Å²) in [5.74, 6) is -0.0573. The fourth-order valence-electron chi connectivity index (χ4n) is 1.78. The average Bonchev–Trinajstić information content (AvgIpc) is 2.41. The third-order valence-electron chi connectivity index (χ3n) is 2.85. The third-order valence-corrected chi connectivity index (χ3v) is 2.85. The standard InChI is InChI=1S/C14H22N2O2/c1-4-16(5-2)13-8-6-12(7-9-13)14(17)15-10-11-18-3/h6-9H,4-5,10-11H2,1-3H3,(H,15,17). The van der Waals surface area contributed by atoms with E-state index in [0.29, 0.717) is 18.7 Å². The molecule has 0 unspecified atom stereocenters. The minimum absolute atomic E-state index is 0.0573. The lowest BCUT2D eigenvalue weighted by atomic mass is 10.2. The van der Waals surface area contributed by atoms with Crippen molar-refractivity contribution in [3.63, 3.8) is 0 Å². The van der Waals surface area contributed by atoms with Crippen LogP contribution in [0, 0.1) is 0 Å². The van der Waals surface area contributed by atoms with Crippen LogP contribution in [0.1, 0.15) is 24.2 Å². The van der Waals surface area contributed by atoms with Crippen LogP contribution >= 0.6 is 0 Å². The predicted octanol–water partition coefficient (Wildman–Crippen LogP) is 1.91. The summed E-state index contributed by atoms with van der Waals surface area (Å²) in [5, 5.41) is 2.80. The predicted molar refractivity (Wildman–Crippen MR) is 74.2 cm³/mol. The maximum atomic E-state index is 11.8. The Hall–Kier alpha value is -1.55. The molecule has 0 spiro atoms. The largest absolute Gasteiger partial charge is 0.383 e. The van der Waals surface area contributed by atoms with E-state index < -0.39 is 0 Å². The van der Waals surface area contributed by atoms with Gasteiger partial charge in [0.25, 0.3) is 5.91 Å². The molecule has 0 atom stereocenters. The van der Waals surface area contributed by atoms with Crippen molar-refractivity contribution in [3.8, 4) is 0 Å². The molecular weight excluding hydrogens is 228 g/mol. The zero-order valence-electron chi connectivity index (χ0n) is 11.4. The number of benzene rings is 1. The number of rotatable bonds is 7. The summed E-state index contributed by atoms with van der Waals surface area (Å²) >= 11 is 0. The van der Waals surface area contributed by atoms with E-state index in [2.05, 4.69) is 24.1 Å².